The van der Waals surface area contributed by atoms with Crippen molar-refractivity contribution < 1.29 is 24.2 Å². The number of methoxy groups -OCH3 is 1. The van der Waals surface area contributed by atoms with Gasteiger partial charge in [0.15, 0.2) is 28.2 Å². The fourth-order valence-electron chi connectivity index (χ4n) is 3.91. The number of benzene rings is 2. The van der Waals surface area contributed by atoms with Gasteiger partial charge in [-0.3, -0.25) is 14.5 Å². The average molecular weight is 505 g/mol. The number of anilines is 1. The van der Waals surface area contributed by atoms with Crippen LogP contribution in [0, 0.1) is 5.92 Å². The SMILES string of the molecule is COc1cc(C2C(C(=O)/C=C/c3ccccc3)=C(O)C(=O)N2c2nccs2)ccc1OCCC(C)C. The Morgan fingerprint density at radius 3 is 2.64 bits per heavy atom. The number of thiazole rings is 1. The van der Waals surface area contributed by atoms with Crippen molar-refractivity contribution >= 4 is 34.2 Å². The van der Waals surface area contributed by atoms with Gasteiger partial charge in [-0.15, -0.1) is 11.3 Å². The van der Waals surface area contributed by atoms with Crippen LogP contribution in [0.4, 0.5) is 5.13 Å². The zero-order chi connectivity index (χ0) is 25.7. The Morgan fingerprint density at radius 1 is 1.19 bits per heavy atom. The van der Waals surface area contributed by atoms with E-state index >= 15 is 0 Å². The predicted octanol–water partition coefficient (Wildman–Crippen LogP) is 5.76. The van der Waals surface area contributed by atoms with Gasteiger partial charge in [-0.25, -0.2) is 4.98 Å². The van der Waals surface area contributed by atoms with Crippen molar-refractivity contribution in [2.24, 2.45) is 5.92 Å². The summed E-state index contributed by atoms with van der Waals surface area (Å²) in [5, 5.41) is 12.9. The second-order valence-corrected chi connectivity index (χ2v) is 9.58. The normalized spacial score (nSPS) is 15.8. The second kappa shape index (κ2) is 11.2. The summed E-state index contributed by atoms with van der Waals surface area (Å²) in [6.07, 6.45) is 5.49. The first-order valence-electron chi connectivity index (χ1n) is 11.6. The summed E-state index contributed by atoms with van der Waals surface area (Å²) in [4.78, 5) is 32.1. The molecule has 1 N–H and O–H groups in total. The third kappa shape index (κ3) is 5.33. The minimum atomic E-state index is -0.879. The van der Waals surface area contributed by atoms with Crippen LogP contribution in [0.25, 0.3) is 6.08 Å². The maximum Gasteiger partial charge on any atom is 0.296 e. The molecule has 0 saturated carbocycles. The van der Waals surface area contributed by atoms with Crippen LogP contribution in [-0.4, -0.2) is 35.5 Å². The lowest BCUT2D eigenvalue weighted by Gasteiger charge is -2.25. The van der Waals surface area contributed by atoms with Crippen LogP contribution in [0.15, 0.2) is 77.5 Å². The highest BCUT2D eigenvalue weighted by Crippen LogP contribution is 2.43. The monoisotopic (exact) mass is 504 g/mol. The number of carbonyl (C=O) groups excluding carboxylic acids is 2. The predicted molar refractivity (Wildman–Crippen MR) is 140 cm³/mol. The van der Waals surface area contributed by atoms with Gasteiger partial charge in [0.2, 0.25) is 0 Å². The Hall–Kier alpha value is -3.91. The van der Waals surface area contributed by atoms with Gasteiger partial charge in [0, 0.05) is 11.6 Å². The molecule has 1 atom stereocenters. The van der Waals surface area contributed by atoms with Crippen LogP contribution < -0.4 is 14.4 Å². The fourth-order valence-corrected chi connectivity index (χ4v) is 4.58. The molecule has 3 aromatic rings. The molecule has 186 valence electrons. The van der Waals surface area contributed by atoms with Gasteiger partial charge in [0.1, 0.15) is 0 Å². The average Bonchev–Trinajstić information content (AvgIpc) is 3.50. The molecule has 1 amide bonds. The third-order valence-corrected chi connectivity index (χ3v) is 6.55. The number of aromatic nitrogens is 1. The number of hydrogen-bond donors (Lipinski definition) is 1. The largest absolute Gasteiger partial charge is 0.503 e. The van der Waals surface area contributed by atoms with E-state index in [1.165, 1.54) is 29.4 Å². The Kier molecular flexibility index (Phi) is 7.85. The second-order valence-electron chi connectivity index (χ2n) is 8.70. The molecule has 2 heterocycles. The number of allylic oxidation sites excluding steroid dienone is 1. The summed E-state index contributed by atoms with van der Waals surface area (Å²) in [6, 6.07) is 13.7. The van der Waals surface area contributed by atoms with Crippen LogP contribution in [0.5, 0.6) is 11.5 Å². The lowest BCUT2D eigenvalue weighted by molar-refractivity contribution is -0.117. The van der Waals surface area contributed by atoms with Crippen molar-refractivity contribution in [3.63, 3.8) is 0 Å². The number of amides is 1. The van der Waals surface area contributed by atoms with Crippen molar-refractivity contribution in [1.82, 2.24) is 4.98 Å². The summed E-state index contributed by atoms with van der Waals surface area (Å²) in [5.74, 6) is -0.197. The molecule has 8 heteroatoms. The lowest BCUT2D eigenvalue weighted by Crippen LogP contribution is -2.30. The van der Waals surface area contributed by atoms with Crippen molar-refractivity contribution in [1.29, 1.82) is 0 Å². The number of aliphatic hydroxyl groups excluding tert-OH is 1. The van der Waals surface area contributed by atoms with Crippen LogP contribution in [0.2, 0.25) is 0 Å². The molecule has 0 saturated heterocycles. The Bertz CT molecular complexity index is 1280. The molecule has 2 aromatic carbocycles. The zero-order valence-electron chi connectivity index (χ0n) is 20.4. The first-order valence-corrected chi connectivity index (χ1v) is 12.5. The van der Waals surface area contributed by atoms with Gasteiger partial charge in [-0.05, 0) is 41.7 Å². The first-order chi connectivity index (χ1) is 17.4. The molecule has 1 aromatic heterocycles. The molecule has 1 aliphatic rings. The van der Waals surface area contributed by atoms with E-state index in [2.05, 4.69) is 18.8 Å². The van der Waals surface area contributed by atoms with E-state index in [9.17, 15) is 14.7 Å². The van der Waals surface area contributed by atoms with Crippen molar-refractivity contribution in [2.45, 2.75) is 26.3 Å². The smallest absolute Gasteiger partial charge is 0.296 e. The quantitative estimate of drug-likeness (QED) is 0.353. The third-order valence-electron chi connectivity index (χ3n) is 5.78. The van der Waals surface area contributed by atoms with Crippen molar-refractivity contribution in [3.8, 4) is 11.5 Å². The van der Waals surface area contributed by atoms with Crippen LogP contribution in [-0.2, 0) is 9.59 Å². The van der Waals surface area contributed by atoms with E-state index in [1.54, 1.807) is 35.9 Å². The fraction of sp³-hybridized carbons (Fsp3) is 0.250. The molecule has 1 unspecified atom stereocenters. The number of carbonyl (C=O) groups is 2. The van der Waals surface area contributed by atoms with E-state index in [4.69, 9.17) is 9.47 Å². The molecular weight excluding hydrogens is 476 g/mol. The standard InChI is InChI=1S/C28H28N2O5S/c1-18(2)13-15-35-22-12-10-20(17-23(22)34-3)25-24(21(31)11-9-19-7-5-4-6-8-19)26(32)27(33)30(25)28-29-14-16-36-28/h4-12,14,16-18,25,32H,13,15H2,1-3H3/b11-9+. The number of nitrogens with zero attached hydrogens (tertiary/aromatic N) is 2. The molecule has 1 aliphatic heterocycles. The minimum absolute atomic E-state index is 0.0158. The molecule has 0 fully saturated rings. The Labute approximate surface area is 214 Å². The first kappa shape index (κ1) is 25.2. The zero-order valence-corrected chi connectivity index (χ0v) is 21.2. The molecule has 0 bridgehead atoms. The van der Waals surface area contributed by atoms with Crippen LogP contribution >= 0.6 is 11.3 Å². The summed E-state index contributed by atoms with van der Waals surface area (Å²) >= 11 is 1.25. The van der Waals surface area contributed by atoms with Gasteiger partial charge in [-0.1, -0.05) is 56.3 Å². The number of aliphatic hydroxyl groups is 1. The molecular formula is C28H28N2O5S. The summed E-state index contributed by atoms with van der Waals surface area (Å²) < 4.78 is 11.5. The molecule has 36 heavy (non-hydrogen) atoms. The van der Waals surface area contributed by atoms with Crippen molar-refractivity contribution in [2.75, 3.05) is 18.6 Å². The highest BCUT2D eigenvalue weighted by atomic mass is 32.1. The highest BCUT2D eigenvalue weighted by Gasteiger charge is 2.45. The number of ether oxygens (including phenoxy) is 2. The minimum Gasteiger partial charge on any atom is -0.503 e. The van der Waals surface area contributed by atoms with E-state index in [0.29, 0.717) is 34.7 Å². The topological polar surface area (TPSA) is 89.0 Å². The Balaban J connectivity index is 1.72. The van der Waals surface area contributed by atoms with E-state index in [1.807, 2.05) is 30.3 Å². The molecule has 0 radical (unpaired) electrons. The molecule has 0 aliphatic carbocycles. The highest BCUT2D eigenvalue weighted by molar-refractivity contribution is 7.13. The summed E-state index contributed by atoms with van der Waals surface area (Å²) in [5.41, 5.74) is 1.40. The van der Waals surface area contributed by atoms with E-state index < -0.39 is 23.5 Å². The van der Waals surface area contributed by atoms with Gasteiger partial charge in [0.05, 0.1) is 25.3 Å². The van der Waals surface area contributed by atoms with Gasteiger partial charge < -0.3 is 14.6 Å². The number of ketones is 1. The van der Waals surface area contributed by atoms with E-state index in [-0.39, 0.29) is 5.57 Å². The maximum absolute atomic E-state index is 13.3. The van der Waals surface area contributed by atoms with Crippen molar-refractivity contribution in [3.05, 3.63) is 88.6 Å². The summed E-state index contributed by atoms with van der Waals surface area (Å²) in [6.45, 7) is 4.78. The summed E-state index contributed by atoms with van der Waals surface area (Å²) in [7, 11) is 1.54. The number of hydrogen-bond acceptors (Lipinski definition) is 7. The van der Waals surface area contributed by atoms with Crippen LogP contribution in [0.1, 0.15) is 37.4 Å². The maximum atomic E-state index is 13.3. The van der Waals surface area contributed by atoms with Crippen LogP contribution in [0.3, 0.4) is 0 Å². The Morgan fingerprint density at radius 2 is 1.97 bits per heavy atom. The molecule has 0 spiro atoms. The van der Waals surface area contributed by atoms with E-state index in [0.717, 1.165) is 12.0 Å². The van der Waals surface area contributed by atoms with Gasteiger partial charge in [-0.2, -0.15) is 0 Å². The number of rotatable bonds is 10. The van der Waals surface area contributed by atoms with Gasteiger partial charge in [0.25, 0.3) is 5.91 Å². The molecule has 4 rings (SSSR count). The lowest BCUT2D eigenvalue weighted by atomic mass is 9.95. The van der Waals surface area contributed by atoms with Gasteiger partial charge >= 0.3 is 0 Å². The molecule has 7 nitrogen and oxygen atoms in total.